The molecule has 1 fully saturated rings. The van der Waals surface area contributed by atoms with Crippen LogP contribution in [-0.4, -0.2) is 28.9 Å². The summed E-state index contributed by atoms with van der Waals surface area (Å²) in [7, 11) is 1.59. The van der Waals surface area contributed by atoms with Gasteiger partial charge < -0.3 is 0 Å². The van der Waals surface area contributed by atoms with Crippen molar-refractivity contribution in [3.63, 3.8) is 0 Å². The Bertz CT molecular complexity index is 297. The minimum Gasteiger partial charge on any atom is -0.290 e. The zero-order valence-electron chi connectivity index (χ0n) is 8.59. The summed E-state index contributed by atoms with van der Waals surface area (Å²) < 4.78 is 0. The zero-order chi connectivity index (χ0) is 10.9. The van der Waals surface area contributed by atoms with E-state index >= 15 is 0 Å². The number of rotatable bonds is 2. The molecule has 0 aliphatic carbocycles. The Morgan fingerprint density at radius 1 is 1.36 bits per heavy atom. The summed E-state index contributed by atoms with van der Waals surface area (Å²) in [6, 6.07) is -0.433. The van der Waals surface area contributed by atoms with E-state index in [0.717, 1.165) is 0 Å². The molecule has 0 spiro atoms. The van der Waals surface area contributed by atoms with Gasteiger partial charge in [-0.05, 0) is 12.8 Å². The summed E-state index contributed by atoms with van der Waals surface area (Å²) in [5.74, 6) is -0.268. The average molecular weight is 214 g/mol. The first kappa shape index (κ1) is 11.1. The van der Waals surface area contributed by atoms with Crippen molar-refractivity contribution in [1.82, 2.24) is 10.2 Å². The molecule has 1 N–H and O–H groups in total. The molecule has 0 aromatic carbocycles. The van der Waals surface area contributed by atoms with Crippen LogP contribution in [0.25, 0.3) is 0 Å². The maximum atomic E-state index is 11.7. The summed E-state index contributed by atoms with van der Waals surface area (Å²) in [6.07, 6.45) is 1.23. The van der Waals surface area contributed by atoms with Gasteiger partial charge in [-0.3, -0.25) is 15.0 Å². The van der Waals surface area contributed by atoms with Crippen LogP contribution in [0.15, 0.2) is 0 Å². The molecule has 0 unspecified atom stereocenters. The summed E-state index contributed by atoms with van der Waals surface area (Å²) >= 11 is 5.16. The van der Waals surface area contributed by atoms with Crippen molar-refractivity contribution in [2.75, 3.05) is 7.05 Å². The van der Waals surface area contributed by atoms with Crippen molar-refractivity contribution >= 4 is 29.1 Å². The first-order valence-electron chi connectivity index (χ1n) is 4.63. The topological polar surface area (TPSA) is 49.4 Å². The molecule has 3 amide bonds. The number of carbonyl (C=O) groups is 2. The number of hydrogen-bond donors (Lipinski definition) is 1. The van der Waals surface area contributed by atoms with E-state index in [1.165, 1.54) is 4.90 Å². The van der Waals surface area contributed by atoms with Crippen LogP contribution in [-0.2, 0) is 4.79 Å². The van der Waals surface area contributed by atoms with E-state index in [1.807, 2.05) is 13.8 Å². The van der Waals surface area contributed by atoms with E-state index in [2.05, 4.69) is 5.32 Å². The van der Waals surface area contributed by atoms with Gasteiger partial charge in [0.2, 0.25) is 5.91 Å². The van der Waals surface area contributed by atoms with Gasteiger partial charge in [0.25, 0.3) is 0 Å². The van der Waals surface area contributed by atoms with Crippen LogP contribution in [0.4, 0.5) is 4.79 Å². The van der Waals surface area contributed by atoms with Crippen molar-refractivity contribution < 1.29 is 9.59 Å². The van der Waals surface area contributed by atoms with E-state index in [1.54, 1.807) is 7.05 Å². The highest BCUT2D eigenvalue weighted by atomic mass is 32.1. The Hall–Kier alpha value is -0.970. The molecular weight excluding hydrogens is 200 g/mol. The van der Waals surface area contributed by atoms with Crippen LogP contribution in [0.1, 0.15) is 26.7 Å². The zero-order valence-corrected chi connectivity index (χ0v) is 9.40. The third-order valence-electron chi connectivity index (χ3n) is 2.88. The number of imide groups is 1. The summed E-state index contributed by atoms with van der Waals surface area (Å²) in [5.41, 5.74) is -0.683. The van der Waals surface area contributed by atoms with Crippen LogP contribution < -0.4 is 5.32 Å². The van der Waals surface area contributed by atoms with Crippen molar-refractivity contribution in [3.05, 3.63) is 0 Å². The highest BCUT2D eigenvalue weighted by molar-refractivity contribution is 7.80. The number of carbonyl (C=O) groups excluding carboxylic acids is 2. The SMILES string of the molecule is CCC1(CC)C(=O)NC(=O)N(C)C1=S. The normalized spacial score (nSPS) is 21.1. The Morgan fingerprint density at radius 3 is 2.29 bits per heavy atom. The average Bonchev–Trinajstić information content (AvgIpc) is 2.17. The molecule has 1 aliphatic heterocycles. The number of amides is 3. The van der Waals surface area contributed by atoms with E-state index in [-0.39, 0.29) is 5.91 Å². The monoisotopic (exact) mass is 214 g/mol. The fourth-order valence-corrected chi connectivity index (χ4v) is 2.15. The molecular formula is C9H14N2O2S. The first-order chi connectivity index (χ1) is 6.49. The maximum Gasteiger partial charge on any atom is 0.328 e. The number of nitrogens with zero attached hydrogens (tertiary/aromatic N) is 1. The van der Waals surface area contributed by atoms with Crippen LogP contribution in [0, 0.1) is 5.41 Å². The van der Waals surface area contributed by atoms with Gasteiger partial charge in [-0.25, -0.2) is 4.79 Å². The maximum absolute atomic E-state index is 11.7. The van der Waals surface area contributed by atoms with Gasteiger partial charge in [0, 0.05) is 7.05 Å². The van der Waals surface area contributed by atoms with E-state index < -0.39 is 11.4 Å². The summed E-state index contributed by atoms with van der Waals surface area (Å²) in [4.78, 5) is 24.7. The molecule has 14 heavy (non-hydrogen) atoms. The van der Waals surface area contributed by atoms with E-state index in [4.69, 9.17) is 12.2 Å². The van der Waals surface area contributed by atoms with Gasteiger partial charge >= 0.3 is 6.03 Å². The fraction of sp³-hybridized carbons (Fsp3) is 0.667. The fourth-order valence-electron chi connectivity index (χ4n) is 1.68. The van der Waals surface area contributed by atoms with Gasteiger partial charge in [-0.15, -0.1) is 0 Å². The van der Waals surface area contributed by atoms with Crippen molar-refractivity contribution in [2.45, 2.75) is 26.7 Å². The molecule has 0 saturated carbocycles. The molecule has 0 bridgehead atoms. The second-order valence-electron chi connectivity index (χ2n) is 3.41. The summed E-state index contributed by atoms with van der Waals surface area (Å²) in [5, 5.41) is 2.31. The van der Waals surface area contributed by atoms with Crippen molar-refractivity contribution in [3.8, 4) is 0 Å². The van der Waals surface area contributed by atoms with Crippen LogP contribution in [0.2, 0.25) is 0 Å². The highest BCUT2D eigenvalue weighted by Crippen LogP contribution is 2.32. The number of nitrogens with one attached hydrogen (secondary N) is 1. The molecule has 1 saturated heterocycles. The third kappa shape index (κ3) is 1.32. The molecule has 1 aliphatic rings. The molecule has 5 heteroatoms. The second kappa shape index (κ2) is 3.65. The van der Waals surface area contributed by atoms with E-state index in [0.29, 0.717) is 17.8 Å². The smallest absolute Gasteiger partial charge is 0.290 e. The molecule has 0 atom stereocenters. The predicted molar refractivity (Wildman–Crippen MR) is 56.9 cm³/mol. The lowest BCUT2D eigenvalue weighted by molar-refractivity contribution is -0.127. The summed E-state index contributed by atoms with van der Waals surface area (Å²) in [6.45, 7) is 3.80. The van der Waals surface area contributed by atoms with Crippen LogP contribution >= 0.6 is 12.2 Å². The Labute approximate surface area is 88.6 Å². The lowest BCUT2D eigenvalue weighted by Crippen LogP contribution is -2.61. The lowest BCUT2D eigenvalue weighted by atomic mass is 9.79. The van der Waals surface area contributed by atoms with Gasteiger partial charge in [0.15, 0.2) is 0 Å². The quantitative estimate of drug-likeness (QED) is 0.705. The molecule has 78 valence electrons. The number of thiocarbonyl (C=S) groups is 1. The Kier molecular flexibility index (Phi) is 2.89. The standard InChI is InChI=1S/C9H14N2O2S/c1-4-9(5-2)6(12)10-8(13)11(3)7(9)14/h4-5H2,1-3H3,(H,10,12,13). The van der Waals surface area contributed by atoms with Gasteiger partial charge in [-0.1, -0.05) is 26.1 Å². The first-order valence-corrected chi connectivity index (χ1v) is 5.04. The molecule has 0 aromatic rings. The Balaban J connectivity index is 3.12. The van der Waals surface area contributed by atoms with E-state index in [9.17, 15) is 9.59 Å². The third-order valence-corrected chi connectivity index (χ3v) is 3.55. The van der Waals surface area contributed by atoms with Gasteiger partial charge in [0.05, 0.1) is 5.41 Å². The van der Waals surface area contributed by atoms with Crippen LogP contribution in [0.3, 0.4) is 0 Å². The molecule has 1 heterocycles. The van der Waals surface area contributed by atoms with Gasteiger partial charge in [0.1, 0.15) is 4.99 Å². The Morgan fingerprint density at radius 2 is 1.86 bits per heavy atom. The predicted octanol–water partition coefficient (Wildman–Crippen LogP) is 1.30. The van der Waals surface area contributed by atoms with Gasteiger partial charge in [-0.2, -0.15) is 0 Å². The lowest BCUT2D eigenvalue weighted by Gasteiger charge is -2.39. The van der Waals surface area contributed by atoms with Crippen LogP contribution in [0.5, 0.6) is 0 Å². The molecule has 0 aromatic heterocycles. The van der Waals surface area contributed by atoms with Crippen molar-refractivity contribution in [2.24, 2.45) is 5.41 Å². The van der Waals surface area contributed by atoms with Crippen molar-refractivity contribution in [1.29, 1.82) is 0 Å². The molecule has 0 radical (unpaired) electrons. The molecule has 1 rings (SSSR count). The number of hydrogen-bond acceptors (Lipinski definition) is 3. The largest absolute Gasteiger partial charge is 0.328 e. The number of urea groups is 1. The minimum absolute atomic E-state index is 0.268. The highest BCUT2D eigenvalue weighted by Gasteiger charge is 2.46. The molecule has 4 nitrogen and oxygen atoms in total. The minimum atomic E-state index is -0.683. The second-order valence-corrected chi connectivity index (χ2v) is 3.80.